The van der Waals surface area contributed by atoms with E-state index in [9.17, 15) is 4.79 Å². The fourth-order valence-electron chi connectivity index (χ4n) is 1.39. The van der Waals surface area contributed by atoms with Gasteiger partial charge in [-0.3, -0.25) is 4.79 Å². The molecule has 0 fully saturated rings. The number of furan rings is 1. The lowest BCUT2D eigenvalue weighted by Crippen LogP contribution is -2.17. The Morgan fingerprint density at radius 2 is 2.28 bits per heavy atom. The number of hydrogen-bond donors (Lipinski definition) is 1. The van der Waals surface area contributed by atoms with Crippen LogP contribution in [0, 0.1) is 0 Å². The predicted molar refractivity (Wildman–Crippen MR) is 70.7 cm³/mol. The molecule has 0 unspecified atom stereocenters. The van der Waals surface area contributed by atoms with Gasteiger partial charge in [0.2, 0.25) is 0 Å². The Morgan fingerprint density at radius 1 is 1.50 bits per heavy atom. The van der Waals surface area contributed by atoms with Gasteiger partial charge in [-0.25, -0.2) is 9.97 Å². The van der Waals surface area contributed by atoms with Crippen LogP contribution in [0.25, 0.3) is 0 Å². The highest BCUT2D eigenvalue weighted by Crippen LogP contribution is 2.21. The molecule has 1 amide bonds. The number of hydrogen-bond acceptors (Lipinski definition) is 5. The summed E-state index contributed by atoms with van der Waals surface area (Å²) in [7, 11) is 3.68. The molecule has 0 saturated heterocycles. The van der Waals surface area contributed by atoms with Crippen molar-refractivity contribution < 1.29 is 9.21 Å². The minimum Gasteiger partial charge on any atom is -0.457 e. The molecule has 2 aromatic heterocycles. The molecule has 0 saturated carbocycles. The third-order valence-electron chi connectivity index (χ3n) is 2.19. The number of rotatable bonds is 3. The Bertz CT molecular complexity index is 568. The van der Waals surface area contributed by atoms with Gasteiger partial charge >= 0.3 is 0 Å². The summed E-state index contributed by atoms with van der Waals surface area (Å²) in [4.78, 5) is 21.7. The van der Waals surface area contributed by atoms with Gasteiger partial charge in [0.1, 0.15) is 18.3 Å². The summed E-state index contributed by atoms with van der Waals surface area (Å²) in [6.07, 6.45) is 4.35. The molecule has 0 aliphatic carbocycles. The van der Waals surface area contributed by atoms with Crippen LogP contribution >= 0.6 is 15.9 Å². The Kier molecular flexibility index (Phi) is 3.61. The van der Waals surface area contributed by atoms with Gasteiger partial charge < -0.3 is 14.6 Å². The van der Waals surface area contributed by atoms with E-state index in [1.54, 1.807) is 17.2 Å². The standard InChI is InChI=1S/C11H11BrN4O2/c1-16(2)10-8(4-13-6-14-10)15-11(17)7-3-9(12)18-5-7/h3-6H,1-2H3,(H,15,17). The van der Waals surface area contributed by atoms with Crippen molar-refractivity contribution in [1.82, 2.24) is 9.97 Å². The van der Waals surface area contributed by atoms with Gasteiger partial charge in [0.15, 0.2) is 10.5 Å². The Balaban J connectivity index is 2.22. The van der Waals surface area contributed by atoms with E-state index < -0.39 is 0 Å². The van der Waals surface area contributed by atoms with Crippen LogP contribution < -0.4 is 10.2 Å². The van der Waals surface area contributed by atoms with Gasteiger partial charge in [-0.1, -0.05) is 0 Å². The van der Waals surface area contributed by atoms with Crippen LogP contribution in [0.2, 0.25) is 0 Å². The second-order valence-corrected chi connectivity index (χ2v) is 4.53. The van der Waals surface area contributed by atoms with Crippen molar-refractivity contribution >= 4 is 33.3 Å². The SMILES string of the molecule is CN(C)c1ncncc1NC(=O)c1coc(Br)c1. The third-order valence-corrected chi connectivity index (χ3v) is 2.61. The van der Waals surface area contributed by atoms with Gasteiger partial charge in [-0.15, -0.1) is 0 Å². The van der Waals surface area contributed by atoms with Gasteiger partial charge in [0, 0.05) is 20.2 Å². The first-order valence-corrected chi connectivity index (χ1v) is 5.90. The van der Waals surface area contributed by atoms with Crippen LogP contribution in [-0.4, -0.2) is 30.0 Å². The quantitative estimate of drug-likeness (QED) is 0.940. The normalized spacial score (nSPS) is 10.2. The van der Waals surface area contributed by atoms with Crippen molar-refractivity contribution in [2.75, 3.05) is 24.3 Å². The van der Waals surface area contributed by atoms with Crippen molar-refractivity contribution in [3.8, 4) is 0 Å². The lowest BCUT2D eigenvalue weighted by molar-refractivity contribution is 0.102. The van der Waals surface area contributed by atoms with E-state index in [1.165, 1.54) is 12.6 Å². The minimum absolute atomic E-state index is 0.276. The van der Waals surface area contributed by atoms with Gasteiger partial charge in [-0.05, 0) is 15.9 Å². The van der Waals surface area contributed by atoms with Crippen molar-refractivity contribution in [3.05, 3.63) is 35.1 Å². The molecule has 2 heterocycles. The number of nitrogens with one attached hydrogen (secondary N) is 1. The highest BCUT2D eigenvalue weighted by atomic mass is 79.9. The molecule has 0 aliphatic heterocycles. The van der Waals surface area contributed by atoms with E-state index in [2.05, 4.69) is 31.2 Å². The van der Waals surface area contributed by atoms with Crippen LogP contribution in [0.1, 0.15) is 10.4 Å². The molecule has 0 radical (unpaired) electrons. The van der Waals surface area contributed by atoms with Crippen molar-refractivity contribution in [3.63, 3.8) is 0 Å². The maximum Gasteiger partial charge on any atom is 0.259 e. The van der Waals surface area contributed by atoms with Crippen LogP contribution in [0.15, 0.2) is 33.9 Å². The first-order valence-electron chi connectivity index (χ1n) is 5.10. The third kappa shape index (κ3) is 2.67. The molecule has 2 rings (SSSR count). The van der Waals surface area contributed by atoms with Crippen LogP contribution in [0.5, 0.6) is 0 Å². The summed E-state index contributed by atoms with van der Waals surface area (Å²) in [6.45, 7) is 0. The zero-order valence-electron chi connectivity index (χ0n) is 9.85. The number of carbonyl (C=O) groups excluding carboxylic acids is 1. The largest absolute Gasteiger partial charge is 0.457 e. The molecule has 1 N–H and O–H groups in total. The Labute approximate surface area is 112 Å². The topological polar surface area (TPSA) is 71.3 Å². The van der Waals surface area contributed by atoms with E-state index in [-0.39, 0.29) is 5.91 Å². The summed E-state index contributed by atoms with van der Waals surface area (Å²) < 4.78 is 5.52. The van der Waals surface area contributed by atoms with Crippen LogP contribution in [-0.2, 0) is 0 Å². The van der Waals surface area contributed by atoms with E-state index in [0.717, 1.165) is 0 Å². The Morgan fingerprint density at radius 3 is 2.89 bits per heavy atom. The van der Waals surface area contributed by atoms with E-state index in [4.69, 9.17) is 4.42 Å². The van der Waals surface area contributed by atoms with E-state index in [0.29, 0.717) is 21.7 Å². The van der Waals surface area contributed by atoms with Crippen LogP contribution in [0.4, 0.5) is 11.5 Å². The summed E-state index contributed by atoms with van der Waals surface area (Å²) in [5, 5.41) is 2.74. The number of carbonyl (C=O) groups is 1. The molecule has 0 aliphatic rings. The first-order chi connectivity index (χ1) is 8.58. The van der Waals surface area contributed by atoms with Gasteiger partial charge in [-0.2, -0.15) is 0 Å². The molecule has 2 aromatic rings. The number of anilines is 2. The number of halogens is 1. The average molecular weight is 311 g/mol. The van der Waals surface area contributed by atoms with Gasteiger partial charge in [0.25, 0.3) is 5.91 Å². The van der Waals surface area contributed by atoms with E-state index in [1.807, 2.05) is 14.1 Å². The molecule has 94 valence electrons. The highest BCUT2D eigenvalue weighted by Gasteiger charge is 2.13. The summed E-state index contributed by atoms with van der Waals surface area (Å²) in [5.74, 6) is 0.364. The molecular weight excluding hydrogens is 300 g/mol. The maximum absolute atomic E-state index is 11.9. The molecule has 18 heavy (non-hydrogen) atoms. The minimum atomic E-state index is -0.276. The summed E-state index contributed by atoms with van der Waals surface area (Å²) in [5.41, 5.74) is 0.972. The molecule has 6 nitrogen and oxygen atoms in total. The number of nitrogens with zero attached hydrogens (tertiary/aromatic N) is 3. The average Bonchev–Trinajstić information content (AvgIpc) is 2.76. The van der Waals surface area contributed by atoms with Crippen molar-refractivity contribution in [2.45, 2.75) is 0 Å². The molecule has 0 atom stereocenters. The Hall–Kier alpha value is -1.89. The second-order valence-electron chi connectivity index (χ2n) is 3.75. The zero-order chi connectivity index (χ0) is 13.1. The lowest BCUT2D eigenvalue weighted by Gasteiger charge is -2.15. The molecule has 7 heteroatoms. The number of amides is 1. The van der Waals surface area contributed by atoms with Crippen molar-refractivity contribution in [2.24, 2.45) is 0 Å². The molecule has 0 bridgehead atoms. The molecular formula is C11H11BrN4O2. The fraction of sp³-hybridized carbons (Fsp3) is 0.182. The predicted octanol–water partition coefficient (Wildman–Crippen LogP) is 2.15. The summed E-state index contributed by atoms with van der Waals surface area (Å²) in [6, 6.07) is 1.59. The second kappa shape index (κ2) is 5.18. The molecule has 0 spiro atoms. The van der Waals surface area contributed by atoms with Gasteiger partial charge in [0.05, 0.1) is 11.8 Å². The zero-order valence-corrected chi connectivity index (χ0v) is 11.4. The monoisotopic (exact) mass is 310 g/mol. The highest BCUT2D eigenvalue weighted by molar-refractivity contribution is 9.10. The smallest absolute Gasteiger partial charge is 0.259 e. The number of aromatic nitrogens is 2. The lowest BCUT2D eigenvalue weighted by atomic mass is 10.3. The molecule has 0 aromatic carbocycles. The fourth-order valence-corrected chi connectivity index (χ4v) is 1.73. The maximum atomic E-state index is 11.9. The van der Waals surface area contributed by atoms with Crippen molar-refractivity contribution in [1.29, 1.82) is 0 Å². The van der Waals surface area contributed by atoms with Crippen LogP contribution in [0.3, 0.4) is 0 Å². The van der Waals surface area contributed by atoms with E-state index >= 15 is 0 Å². The summed E-state index contributed by atoms with van der Waals surface area (Å²) >= 11 is 3.14. The first kappa shape index (κ1) is 12.6.